The van der Waals surface area contributed by atoms with Crippen LogP contribution < -0.4 is 0 Å². The molecular weight excluding hydrogens is 484 g/mol. The lowest BCUT2D eigenvalue weighted by molar-refractivity contribution is 0.505. The van der Waals surface area contributed by atoms with Crippen LogP contribution in [0.5, 0.6) is 0 Å². The maximum Gasteiger partial charge on any atom is 0.0482 e. The van der Waals surface area contributed by atoms with Gasteiger partial charge in [0.25, 0.3) is 0 Å². The van der Waals surface area contributed by atoms with Gasteiger partial charge in [-0.3, -0.25) is 0 Å². The number of benzene rings is 1. The molecule has 2 heterocycles. The summed E-state index contributed by atoms with van der Waals surface area (Å²) in [5.74, 6) is 1.13. The molecule has 0 radical (unpaired) electrons. The van der Waals surface area contributed by atoms with Gasteiger partial charge in [-0.25, -0.2) is 0 Å². The molecule has 0 bridgehead atoms. The van der Waals surface area contributed by atoms with Crippen LogP contribution in [0.2, 0.25) is 0 Å². The molecule has 1 aromatic carbocycles. The van der Waals surface area contributed by atoms with Crippen molar-refractivity contribution < 1.29 is 0 Å². The summed E-state index contributed by atoms with van der Waals surface area (Å²) in [6.07, 6.45) is 22.5. The topological polar surface area (TPSA) is 8.17 Å². The largest absolute Gasteiger partial charge is 0.345 e. The SMILES string of the molecule is C=C(C(C)C)N1C=CC=C/C1=C/C.C=CC.CC(C)n1ccc2ccccc21.C\C=C/C=C\C(C)=C(\C)C(C)C. The van der Waals surface area contributed by atoms with Crippen LogP contribution in [0.15, 0.2) is 133 Å². The molecule has 1 aromatic heterocycles. The number of aromatic nitrogens is 1. The molecule has 1 aliphatic rings. The molecule has 1 aliphatic heterocycles. The van der Waals surface area contributed by atoms with Gasteiger partial charge in [0.1, 0.15) is 0 Å². The van der Waals surface area contributed by atoms with Crippen LogP contribution in [0, 0.1) is 11.8 Å². The Morgan fingerprint density at radius 1 is 0.850 bits per heavy atom. The first kappa shape index (κ1) is 36.5. The van der Waals surface area contributed by atoms with Gasteiger partial charge < -0.3 is 9.47 Å². The predicted molar refractivity (Wildman–Crippen MR) is 183 cm³/mol. The fourth-order valence-electron chi connectivity index (χ4n) is 3.68. The van der Waals surface area contributed by atoms with Crippen molar-refractivity contribution in [3.8, 4) is 0 Å². The van der Waals surface area contributed by atoms with E-state index in [0.29, 0.717) is 17.9 Å². The Hall–Kier alpha value is -3.52. The third kappa shape index (κ3) is 13.0. The molecular formula is C38H56N2. The number of hydrogen-bond acceptors (Lipinski definition) is 1. The molecule has 0 saturated carbocycles. The zero-order valence-electron chi connectivity index (χ0n) is 27.3. The highest BCUT2D eigenvalue weighted by molar-refractivity contribution is 5.80. The van der Waals surface area contributed by atoms with E-state index in [0.717, 1.165) is 5.70 Å². The molecule has 0 unspecified atom stereocenters. The average Bonchev–Trinajstić information content (AvgIpc) is 3.38. The third-order valence-corrected chi connectivity index (χ3v) is 6.49. The molecule has 218 valence electrons. The number of allylic oxidation sites excluding steroid dienone is 12. The lowest BCUT2D eigenvalue weighted by Gasteiger charge is -2.27. The number of nitrogens with zero attached hydrogens (tertiary/aromatic N) is 2. The van der Waals surface area contributed by atoms with Crippen molar-refractivity contribution >= 4 is 10.9 Å². The Morgan fingerprint density at radius 2 is 1.48 bits per heavy atom. The molecule has 0 saturated heterocycles. The quantitative estimate of drug-likeness (QED) is 0.261. The molecule has 0 atom stereocenters. The zero-order valence-corrected chi connectivity index (χ0v) is 27.3. The summed E-state index contributed by atoms with van der Waals surface area (Å²) < 4.78 is 2.29. The fraction of sp³-hybridized carbons (Fsp3) is 0.368. The first-order chi connectivity index (χ1) is 19.0. The molecule has 40 heavy (non-hydrogen) atoms. The van der Waals surface area contributed by atoms with Crippen LogP contribution in [-0.2, 0) is 0 Å². The second kappa shape index (κ2) is 20.4. The second-order valence-corrected chi connectivity index (χ2v) is 10.6. The van der Waals surface area contributed by atoms with Gasteiger partial charge in [-0.1, -0.05) is 106 Å². The Bertz CT molecular complexity index is 1200. The van der Waals surface area contributed by atoms with E-state index in [1.54, 1.807) is 6.08 Å². The number of fused-ring (bicyclic) bond motifs is 1. The van der Waals surface area contributed by atoms with Crippen molar-refractivity contribution in [2.45, 2.75) is 82.2 Å². The maximum absolute atomic E-state index is 4.08. The standard InChI is InChI=1S/C12H17N.C12H20.C11H13N.C3H6/c1-5-12-8-6-7-9-13(12)11(4)10(2)3;1-6-7-8-9-11(4)12(5)10(2)3;1-9(2)12-8-7-10-5-3-4-6-11(10)12;1-3-2/h5-10H,4H2,1-3H3;6-10H,1-5H3;3-9H,1-2H3;3H,1H2,2H3/b12-5-;7-6-,9-8-,12-11-;;. The Morgan fingerprint density at radius 3 is 2.00 bits per heavy atom. The van der Waals surface area contributed by atoms with E-state index < -0.39 is 0 Å². The molecule has 0 N–H and O–H groups in total. The van der Waals surface area contributed by atoms with Crippen molar-refractivity contribution in [3.63, 3.8) is 0 Å². The number of para-hydroxylation sites is 1. The molecule has 0 aliphatic carbocycles. The van der Waals surface area contributed by atoms with Crippen LogP contribution in [0.3, 0.4) is 0 Å². The minimum absolute atomic E-state index is 0.478. The molecule has 2 heteroatoms. The lowest BCUT2D eigenvalue weighted by Crippen LogP contribution is -2.19. The van der Waals surface area contributed by atoms with E-state index >= 15 is 0 Å². The smallest absolute Gasteiger partial charge is 0.0482 e. The van der Waals surface area contributed by atoms with Gasteiger partial charge in [-0.2, -0.15) is 0 Å². The van der Waals surface area contributed by atoms with Crippen molar-refractivity contribution in [2.24, 2.45) is 11.8 Å². The lowest BCUT2D eigenvalue weighted by atomic mass is 10.00. The molecule has 2 nitrogen and oxygen atoms in total. The summed E-state index contributed by atoms with van der Waals surface area (Å²) in [6, 6.07) is 11.2. The van der Waals surface area contributed by atoms with Crippen molar-refractivity contribution in [1.29, 1.82) is 0 Å². The van der Waals surface area contributed by atoms with Crippen LogP contribution in [0.4, 0.5) is 0 Å². The first-order valence-electron chi connectivity index (χ1n) is 14.5. The highest BCUT2D eigenvalue weighted by Crippen LogP contribution is 2.22. The minimum atomic E-state index is 0.478. The van der Waals surface area contributed by atoms with Gasteiger partial charge in [0.05, 0.1) is 0 Å². The normalized spacial score (nSPS) is 14.2. The fourth-order valence-corrected chi connectivity index (χ4v) is 3.68. The average molecular weight is 541 g/mol. The van der Waals surface area contributed by atoms with Gasteiger partial charge in [-0.15, -0.1) is 6.58 Å². The summed E-state index contributed by atoms with van der Waals surface area (Å²) in [6.45, 7) is 30.9. The van der Waals surface area contributed by atoms with Gasteiger partial charge in [0.2, 0.25) is 0 Å². The Labute approximate surface area is 247 Å². The molecule has 0 fully saturated rings. The van der Waals surface area contributed by atoms with E-state index in [1.165, 1.54) is 27.7 Å². The number of hydrogen-bond donors (Lipinski definition) is 0. The summed E-state index contributed by atoms with van der Waals surface area (Å²) in [5.41, 5.74) is 6.50. The van der Waals surface area contributed by atoms with Crippen molar-refractivity contribution in [1.82, 2.24) is 9.47 Å². The Balaban J connectivity index is 0.000000543. The van der Waals surface area contributed by atoms with Crippen molar-refractivity contribution in [3.05, 3.63) is 133 Å². The van der Waals surface area contributed by atoms with Gasteiger partial charge in [0.15, 0.2) is 0 Å². The highest BCUT2D eigenvalue weighted by Gasteiger charge is 2.11. The molecule has 2 aromatic rings. The van der Waals surface area contributed by atoms with Crippen LogP contribution in [-0.4, -0.2) is 9.47 Å². The predicted octanol–water partition coefficient (Wildman–Crippen LogP) is 12.0. The van der Waals surface area contributed by atoms with Crippen molar-refractivity contribution in [2.75, 3.05) is 0 Å². The molecule has 0 amide bonds. The summed E-state index contributed by atoms with van der Waals surface area (Å²) in [5, 5.41) is 1.33. The van der Waals surface area contributed by atoms with E-state index in [2.05, 4.69) is 151 Å². The maximum atomic E-state index is 4.08. The van der Waals surface area contributed by atoms with Crippen LogP contribution >= 0.6 is 0 Å². The molecule has 0 spiro atoms. The second-order valence-electron chi connectivity index (χ2n) is 10.6. The van der Waals surface area contributed by atoms with E-state index in [4.69, 9.17) is 0 Å². The monoisotopic (exact) mass is 540 g/mol. The highest BCUT2D eigenvalue weighted by atomic mass is 15.1. The minimum Gasteiger partial charge on any atom is -0.345 e. The summed E-state index contributed by atoms with van der Waals surface area (Å²) in [4.78, 5) is 2.13. The van der Waals surface area contributed by atoms with Crippen LogP contribution in [0.1, 0.15) is 82.2 Å². The van der Waals surface area contributed by atoms with E-state index in [1.807, 2.05) is 39.0 Å². The first-order valence-corrected chi connectivity index (χ1v) is 14.5. The van der Waals surface area contributed by atoms with E-state index in [-0.39, 0.29) is 0 Å². The Kier molecular flexibility index (Phi) is 18.6. The van der Waals surface area contributed by atoms with Gasteiger partial charge in [-0.05, 0) is 90.0 Å². The van der Waals surface area contributed by atoms with Gasteiger partial charge >= 0.3 is 0 Å². The van der Waals surface area contributed by atoms with Crippen LogP contribution in [0.25, 0.3) is 10.9 Å². The summed E-state index contributed by atoms with van der Waals surface area (Å²) >= 11 is 0. The third-order valence-electron chi connectivity index (χ3n) is 6.49. The van der Waals surface area contributed by atoms with E-state index in [9.17, 15) is 0 Å². The number of rotatable bonds is 6. The zero-order chi connectivity index (χ0) is 30.7. The summed E-state index contributed by atoms with van der Waals surface area (Å²) in [7, 11) is 0. The molecule has 3 rings (SSSR count). The van der Waals surface area contributed by atoms with Gasteiger partial charge in [0, 0.05) is 35.3 Å².